The quantitative estimate of drug-likeness (QED) is 0.461. The number of rotatable bonds is 6. The summed E-state index contributed by atoms with van der Waals surface area (Å²) >= 11 is 6.19. The molecule has 0 unspecified atom stereocenters. The van der Waals surface area contributed by atoms with Gasteiger partial charge < -0.3 is 10.6 Å². The highest BCUT2D eigenvalue weighted by molar-refractivity contribution is 6.31. The number of H-pyrrole nitrogens is 1. The van der Waals surface area contributed by atoms with Gasteiger partial charge in [-0.2, -0.15) is 5.10 Å². The molecule has 134 valence electrons. The molecule has 0 spiro atoms. The van der Waals surface area contributed by atoms with Crippen molar-refractivity contribution in [2.24, 2.45) is 4.99 Å². The summed E-state index contributed by atoms with van der Waals surface area (Å²) in [7, 11) is 1.76. The molecule has 0 bridgehead atoms. The fraction of sp³-hybridized carbons (Fsp3) is 0.211. The molecule has 1 heterocycles. The monoisotopic (exact) mass is 368 g/mol. The van der Waals surface area contributed by atoms with Crippen LogP contribution in [0, 0.1) is 0 Å². The summed E-state index contributed by atoms with van der Waals surface area (Å²) in [5.41, 5.74) is 3.26. The minimum Gasteiger partial charge on any atom is -0.356 e. The highest BCUT2D eigenvalue weighted by Gasteiger charge is 2.04. The van der Waals surface area contributed by atoms with Gasteiger partial charge in [-0.15, -0.1) is 0 Å². The molecule has 0 aliphatic heterocycles. The highest BCUT2D eigenvalue weighted by Crippen LogP contribution is 2.16. The molecule has 0 radical (unpaired) electrons. The summed E-state index contributed by atoms with van der Waals surface area (Å²) in [5.74, 6) is 1.51. The fourth-order valence-corrected chi connectivity index (χ4v) is 2.83. The maximum atomic E-state index is 6.19. The van der Waals surface area contributed by atoms with Crippen LogP contribution in [0.15, 0.2) is 59.9 Å². The number of aromatic amines is 1. The molecule has 3 N–H and O–H groups in total. The Bertz CT molecular complexity index is 860. The lowest BCUT2D eigenvalue weighted by Gasteiger charge is -2.13. The maximum Gasteiger partial charge on any atom is 0.191 e. The average Bonchev–Trinajstić information content (AvgIpc) is 3.21. The van der Waals surface area contributed by atoms with E-state index in [4.69, 9.17) is 11.6 Å². The summed E-state index contributed by atoms with van der Waals surface area (Å²) in [4.78, 5) is 8.44. The van der Waals surface area contributed by atoms with Gasteiger partial charge in [0.1, 0.15) is 6.33 Å². The summed E-state index contributed by atoms with van der Waals surface area (Å²) in [5, 5.41) is 14.2. The number of hydrogen-bond donors (Lipinski definition) is 3. The number of hydrogen-bond acceptors (Lipinski definition) is 3. The van der Waals surface area contributed by atoms with Gasteiger partial charge in [-0.3, -0.25) is 10.1 Å². The number of aliphatic imine (C=N–C) groups is 1. The van der Waals surface area contributed by atoms with Gasteiger partial charge in [0.25, 0.3) is 0 Å². The second-order valence-electron chi connectivity index (χ2n) is 5.73. The van der Waals surface area contributed by atoms with Crippen LogP contribution in [-0.2, 0) is 13.0 Å². The van der Waals surface area contributed by atoms with Gasteiger partial charge in [0.2, 0.25) is 0 Å². The van der Waals surface area contributed by atoms with E-state index in [0.29, 0.717) is 6.54 Å². The van der Waals surface area contributed by atoms with E-state index < -0.39 is 0 Å². The lowest BCUT2D eigenvalue weighted by atomic mass is 10.1. The van der Waals surface area contributed by atoms with Gasteiger partial charge in [0.05, 0.1) is 0 Å². The Morgan fingerprint density at radius 1 is 1.15 bits per heavy atom. The Labute approximate surface area is 157 Å². The second kappa shape index (κ2) is 9.01. The van der Waals surface area contributed by atoms with Gasteiger partial charge in [-0.1, -0.05) is 48.0 Å². The van der Waals surface area contributed by atoms with Gasteiger partial charge in [0.15, 0.2) is 11.8 Å². The number of nitrogens with zero attached hydrogens (tertiary/aromatic N) is 3. The molecular weight excluding hydrogens is 348 g/mol. The topological polar surface area (TPSA) is 78.0 Å². The standard InChI is InChI=1S/C19H21ClN6/c1-21-19(22-10-9-15-6-2-3-8-17(15)20)23-12-14-5-4-7-16(11-14)18-24-13-25-26-18/h2-8,11,13H,9-10,12H2,1H3,(H2,21,22,23)(H,24,25,26). The molecule has 6 nitrogen and oxygen atoms in total. The molecule has 26 heavy (non-hydrogen) atoms. The minimum atomic E-state index is 0.660. The fourth-order valence-electron chi connectivity index (χ4n) is 2.60. The first-order valence-electron chi connectivity index (χ1n) is 8.39. The van der Waals surface area contributed by atoms with Crippen LogP contribution in [-0.4, -0.2) is 34.7 Å². The highest BCUT2D eigenvalue weighted by atomic mass is 35.5. The lowest BCUT2D eigenvalue weighted by Crippen LogP contribution is -2.37. The largest absolute Gasteiger partial charge is 0.356 e. The van der Waals surface area contributed by atoms with Gasteiger partial charge in [-0.05, 0) is 29.7 Å². The zero-order valence-corrected chi connectivity index (χ0v) is 15.3. The Balaban J connectivity index is 1.51. The van der Waals surface area contributed by atoms with Gasteiger partial charge >= 0.3 is 0 Å². The van der Waals surface area contributed by atoms with Crippen LogP contribution in [0.4, 0.5) is 0 Å². The molecule has 0 saturated heterocycles. The third-order valence-corrected chi connectivity index (χ3v) is 4.31. The van der Waals surface area contributed by atoms with Crippen molar-refractivity contribution in [3.8, 4) is 11.4 Å². The SMILES string of the molecule is CN=C(NCCc1ccccc1Cl)NCc1cccc(-c2ncn[nH]2)c1. The van der Waals surface area contributed by atoms with Crippen molar-refractivity contribution in [2.75, 3.05) is 13.6 Å². The third kappa shape index (κ3) is 4.83. The van der Waals surface area contributed by atoms with Crippen molar-refractivity contribution < 1.29 is 0 Å². The summed E-state index contributed by atoms with van der Waals surface area (Å²) in [6.45, 7) is 1.41. The van der Waals surface area contributed by atoms with E-state index in [0.717, 1.165) is 46.5 Å². The van der Waals surface area contributed by atoms with Crippen LogP contribution in [0.1, 0.15) is 11.1 Å². The van der Waals surface area contributed by atoms with E-state index >= 15 is 0 Å². The number of guanidine groups is 1. The smallest absolute Gasteiger partial charge is 0.191 e. The molecule has 2 aromatic carbocycles. The number of nitrogens with one attached hydrogen (secondary N) is 3. The van der Waals surface area contributed by atoms with Crippen LogP contribution >= 0.6 is 11.6 Å². The van der Waals surface area contributed by atoms with E-state index in [2.05, 4.69) is 42.9 Å². The van der Waals surface area contributed by atoms with Crippen molar-refractivity contribution >= 4 is 17.6 Å². The van der Waals surface area contributed by atoms with Crippen molar-refractivity contribution in [3.63, 3.8) is 0 Å². The minimum absolute atomic E-state index is 0.660. The van der Waals surface area contributed by atoms with E-state index in [1.807, 2.05) is 36.4 Å². The molecular formula is C19H21ClN6. The summed E-state index contributed by atoms with van der Waals surface area (Å²) in [6.07, 6.45) is 2.34. The third-order valence-electron chi connectivity index (χ3n) is 3.94. The Morgan fingerprint density at radius 3 is 2.81 bits per heavy atom. The Kier molecular flexibility index (Phi) is 6.22. The molecule has 3 aromatic rings. The van der Waals surface area contributed by atoms with Crippen LogP contribution in [0.25, 0.3) is 11.4 Å². The molecule has 3 rings (SSSR count). The molecule has 1 aromatic heterocycles. The zero-order valence-electron chi connectivity index (χ0n) is 14.5. The Hall–Kier alpha value is -2.86. The normalized spacial score (nSPS) is 11.4. The molecule has 0 amide bonds. The molecule has 0 atom stereocenters. The second-order valence-corrected chi connectivity index (χ2v) is 6.14. The summed E-state index contributed by atoms with van der Waals surface area (Å²) < 4.78 is 0. The van der Waals surface area contributed by atoms with Crippen molar-refractivity contribution in [3.05, 3.63) is 71.0 Å². The molecule has 0 fully saturated rings. The number of aromatic nitrogens is 3. The molecule has 0 aliphatic rings. The average molecular weight is 369 g/mol. The van der Waals surface area contributed by atoms with Crippen LogP contribution in [0.3, 0.4) is 0 Å². The van der Waals surface area contributed by atoms with E-state index in [1.165, 1.54) is 6.33 Å². The first kappa shape index (κ1) is 17.9. The molecule has 0 saturated carbocycles. The van der Waals surface area contributed by atoms with E-state index in [1.54, 1.807) is 7.05 Å². The van der Waals surface area contributed by atoms with Gasteiger partial charge in [0, 0.05) is 30.7 Å². The first-order chi connectivity index (χ1) is 12.8. The maximum absolute atomic E-state index is 6.19. The summed E-state index contributed by atoms with van der Waals surface area (Å²) in [6, 6.07) is 16.0. The van der Waals surface area contributed by atoms with Gasteiger partial charge in [-0.25, -0.2) is 4.98 Å². The first-order valence-corrected chi connectivity index (χ1v) is 8.76. The molecule has 0 aliphatic carbocycles. The van der Waals surface area contributed by atoms with E-state index in [9.17, 15) is 0 Å². The van der Waals surface area contributed by atoms with Crippen LogP contribution in [0.2, 0.25) is 5.02 Å². The predicted octanol–water partition coefficient (Wildman–Crippen LogP) is 3.03. The molecule has 7 heteroatoms. The number of halogens is 1. The lowest BCUT2D eigenvalue weighted by molar-refractivity contribution is 0.795. The zero-order chi connectivity index (χ0) is 18.2. The van der Waals surface area contributed by atoms with Crippen molar-refractivity contribution in [1.82, 2.24) is 25.8 Å². The Morgan fingerprint density at radius 2 is 2.04 bits per heavy atom. The van der Waals surface area contributed by atoms with Crippen molar-refractivity contribution in [1.29, 1.82) is 0 Å². The number of benzene rings is 2. The van der Waals surface area contributed by atoms with Crippen molar-refractivity contribution in [2.45, 2.75) is 13.0 Å². The van der Waals surface area contributed by atoms with E-state index in [-0.39, 0.29) is 0 Å². The predicted molar refractivity (Wildman–Crippen MR) is 105 cm³/mol. The van der Waals surface area contributed by atoms with Crippen LogP contribution < -0.4 is 10.6 Å². The van der Waals surface area contributed by atoms with Crippen LogP contribution in [0.5, 0.6) is 0 Å².